The minimum absolute atomic E-state index is 0.0562. The predicted molar refractivity (Wildman–Crippen MR) is 64.3 cm³/mol. The van der Waals surface area contributed by atoms with Gasteiger partial charge in [0.2, 0.25) is 0 Å². The Kier molecular flexibility index (Phi) is 10.5. The van der Waals surface area contributed by atoms with Crippen LogP contribution < -0.4 is 11.5 Å². The first-order valence-electron chi connectivity index (χ1n) is 4.68. The van der Waals surface area contributed by atoms with Crippen molar-refractivity contribution >= 4 is 21.6 Å². The third kappa shape index (κ3) is 9.11. The second-order valence-electron chi connectivity index (χ2n) is 3.11. The van der Waals surface area contributed by atoms with Gasteiger partial charge in [-0.1, -0.05) is 21.6 Å². The van der Waals surface area contributed by atoms with Crippen molar-refractivity contribution in [1.82, 2.24) is 0 Å². The number of aliphatic hydroxyl groups is 2. The van der Waals surface area contributed by atoms with E-state index in [1.807, 2.05) is 0 Å². The lowest BCUT2D eigenvalue weighted by Crippen LogP contribution is -2.25. The SMILES string of the molecule is NC(CO)CCSSCCC(N)CO. The zero-order valence-electron chi connectivity index (χ0n) is 8.26. The lowest BCUT2D eigenvalue weighted by Gasteiger charge is -2.08. The van der Waals surface area contributed by atoms with E-state index in [1.54, 1.807) is 21.6 Å². The molecule has 0 radical (unpaired) electrons. The molecule has 6 N–H and O–H groups in total. The Morgan fingerprint density at radius 3 is 1.50 bits per heavy atom. The molecule has 86 valence electrons. The van der Waals surface area contributed by atoms with Gasteiger partial charge in [0.25, 0.3) is 0 Å². The average molecular weight is 240 g/mol. The molecule has 14 heavy (non-hydrogen) atoms. The summed E-state index contributed by atoms with van der Waals surface area (Å²) in [4.78, 5) is 0. The fraction of sp³-hybridized carbons (Fsp3) is 1.00. The van der Waals surface area contributed by atoms with Gasteiger partial charge in [-0.2, -0.15) is 0 Å². The molecule has 0 spiro atoms. The Labute approximate surface area is 93.2 Å². The van der Waals surface area contributed by atoms with Crippen LogP contribution in [0, 0.1) is 0 Å². The molecule has 2 atom stereocenters. The molecule has 6 heteroatoms. The fourth-order valence-electron chi connectivity index (χ4n) is 0.699. The molecule has 0 saturated carbocycles. The lowest BCUT2D eigenvalue weighted by atomic mass is 10.3. The summed E-state index contributed by atoms with van der Waals surface area (Å²) in [5.74, 6) is 1.89. The molecule has 0 aliphatic rings. The van der Waals surface area contributed by atoms with Gasteiger partial charge < -0.3 is 21.7 Å². The number of nitrogens with two attached hydrogens (primary N) is 2. The van der Waals surface area contributed by atoms with E-state index in [-0.39, 0.29) is 25.3 Å². The minimum atomic E-state index is -0.0946. The molecule has 2 unspecified atom stereocenters. The summed E-state index contributed by atoms with van der Waals surface area (Å²) in [5, 5.41) is 17.3. The van der Waals surface area contributed by atoms with Crippen molar-refractivity contribution in [3.8, 4) is 0 Å². The van der Waals surface area contributed by atoms with Crippen molar-refractivity contribution in [3.05, 3.63) is 0 Å². The van der Waals surface area contributed by atoms with Gasteiger partial charge in [-0.05, 0) is 12.8 Å². The van der Waals surface area contributed by atoms with Gasteiger partial charge in [0.1, 0.15) is 0 Å². The van der Waals surface area contributed by atoms with Crippen LogP contribution >= 0.6 is 21.6 Å². The highest BCUT2D eigenvalue weighted by atomic mass is 33.1. The Hall–Kier alpha value is 0.540. The normalized spacial score (nSPS) is 15.4. The van der Waals surface area contributed by atoms with Gasteiger partial charge in [-0.3, -0.25) is 0 Å². The van der Waals surface area contributed by atoms with Gasteiger partial charge in [-0.15, -0.1) is 0 Å². The summed E-state index contributed by atoms with van der Waals surface area (Å²) in [5.41, 5.74) is 11.1. The largest absolute Gasteiger partial charge is 0.395 e. The van der Waals surface area contributed by atoms with Crippen molar-refractivity contribution in [2.24, 2.45) is 11.5 Å². The van der Waals surface area contributed by atoms with E-state index in [4.69, 9.17) is 21.7 Å². The van der Waals surface area contributed by atoms with Crippen molar-refractivity contribution in [1.29, 1.82) is 0 Å². The number of hydrogen-bond donors (Lipinski definition) is 4. The van der Waals surface area contributed by atoms with Crippen molar-refractivity contribution in [3.63, 3.8) is 0 Å². The van der Waals surface area contributed by atoms with E-state index in [0.717, 1.165) is 24.3 Å². The smallest absolute Gasteiger partial charge is 0.0582 e. The van der Waals surface area contributed by atoms with Gasteiger partial charge in [0.15, 0.2) is 0 Å². The molecule has 0 fully saturated rings. The minimum Gasteiger partial charge on any atom is -0.395 e. The molecule has 0 amide bonds. The summed E-state index contributed by atoms with van der Waals surface area (Å²) in [6.07, 6.45) is 1.67. The summed E-state index contributed by atoms with van der Waals surface area (Å²) < 4.78 is 0. The van der Waals surface area contributed by atoms with Crippen LogP contribution in [0.4, 0.5) is 0 Å². The van der Waals surface area contributed by atoms with Crippen LogP contribution in [0.15, 0.2) is 0 Å². The highest BCUT2D eigenvalue weighted by molar-refractivity contribution is 8.76. The predicted octanol–water partition coefficient (Wildman–Crippen LogP) is -0.213. The monoisotopic (exact) mass is 240 g/mol. The van der Waals surface area contributed by atoms with Gasteiger partial charge in [0, 0.05) is 23.6 Å². The zero-order chi connectivity index (χ0) is 10.8. The van der Waals surface area contributed by atoms with Crippen LogP contribution in [0.2, 0.25) is 0 Å². The van der Waals surface area contributed by atoms with E-state index in [9.17, 15) is 0 Å². The molecule has 0 heterocycles. The Morgan fingerprint density at radius 2 is 1.21 bits per heavy atom. The molecular weight excluding hydrogens is 220 g/mol. The van der Waals surface area contributed by atoms with Crippen LogP contribution in [0.3, 0.4) is 0 Å². The van der Waals surface area contributed by atoms with E-state index in [0.29, 0.717) is 0 Å². The molecule has 0 aromatic heterocycles. The second kappa shape index (κ2) is 10.1. The van der Waals surface area contributed by atoms with Gasteiger partial charge in [0.05, 0.1) is 13.2 Å². The highest BCUT2D eigenvalue weighted by Gasteiger charge is 2.02. The maximum absolute atomic E-state index is 8.66. The van der Waals surface area contributed by atoms with Crippen LogP contribution in [0.1, 0.15) is 12.8 Å². The number of aliphatic hydroxyl groups excluding tert-OH is 2. The van der Waals surface area contributed by atoms with Crippen molar-refractivity contribution in [2.45, 2.75) is 24.9 Å². The molecule has 0 saturated heterocycles. The van der Waals surface area contributed by atoms with Gasteiger partial charge in [-0.25, -0.2) is 0 Å². The zero-order valence-corrected chi connectivity index (χ0v) is 9.90. The van der Waals surface area contributed by atoms with Crippen LogP contribution in [0.5, 0.6) is 0 Å². The van der Waals surface area contributed by atoms with Crippen LogP contribution in [-0.2, 0) is 0 Å². The maximum Gasteiger partial charge on any atom is 0.0582 e. The standard InChI is InChI=1S/C8H20N2O2S2/c9-7(5-11)1-3-13-14-4-2-8(10)6-12/h7-8,11-12H,1-6,9-10H2. The maximum atomic E-state index is 8.66. The summed E-state index contributed by atoms with van der Waals surface area (Å²) in [7, 11) is 3.48. The van der Waals surface area contributed by atoms with Gasteiger partial charge >= 0.3 is 0 Å². The molecule has 0 aliphatic carbocycles. The molecular formula is C8H20N2O2S2. The molecule has 0 rings (SSSR count). The number of hydrogen-bond acceptors (Lipinski definition) is 6. The van der Waals surface area contributed by atoms with E-state index in [2.05, 4.69) is 0 Å². The van der Waals surface area contributed by atoms with Crippen LogP contribution in [-0.4, -0.2) is 47.0 Å². The quantitative estimate of drug-likeness (QED) is 0.329. The Morgan fingerprint density at radius 1 is 0.857 bits per heavy atom. The average Bonchev–Trinajstić information content (AvgIpc) is 2.22. The van der Waals surface area contributed by atoms with E-state index in [1.165, 1.54) is 0 Å². The van der Waals surface area contributed by atoms with Crippen molar-refractivity contribution < 1.29 is 10.2 Å². The van der Waals surface area contributed by atoms with E-state index >= 15 is 0 Å². The fourth-order valence-corrected chi connectivity index (χ4v) is 3.02. The van der Waals surface area contributed by atoms with Crippen LogP contribution in [0.25, 0.3) is 0 Å². The highest BCUT2D eigenvalue weighted by Crippen LogP contribution is 2.23. The Balaban J connectivity index is 3.06. The molecule has 0 aromatic rings. The second-order valence-corrected chi connectivity index (χ2v) is 5.81. The first kappa shape index (κ1) is 14.5. The third-order valence-corrected chi connectivity index (χ3v) is 4.17. The molecule has 0 aromatic carbocycles. The first-order chi connectivity index (χ1) is 6.70. The van der Waals surface area contributed by atoms with E-state index < -0.39 is 0 Å². The summed E-state index contributed by atoms with van der Waals surface area (Å²) in [6.45, 7) is 0.112. The number of rotatable bonds is 9. The molecule has 4 nitrogen and oxygen atoms in total. The van der Waals surface area contributed by atoms with Crippen molar-refractivity contribution in [2.75, 3.05) is 24.7 Å². The summed E-state index contributed by atoms with van der Waals surface area (Å²) >= 11 is 0. The molecule has 0 aliphatic heterocycles. The Bertz CT molecular complexity index is 116. The summed E-state index contributed by atoms with van der Waals surface area (Å²) in [6, 6.07) is -0.189. The first-order valence-corrected chi connectivity index (χ1v) is 7.16. The lowest BCUT2D eigenvalue weighted by molar-refractivity contribution is 0.263. The third-order valence-electron chi connectivity index (χ3n) is 1.70. The topological polar surface area (TPSA) is 92.5 Å². The molecule has 0 bridgehead atoms.